The highest BCUT2D eigenvalue weighted by atomic mass is 79.9. The zero-order chi connectivity index (χ0) is 19.9. The molecule has 0 amide bonds. The molecule has 25 heavy (non-hydrogen) atoms. The molecule has 0 aliphatic rings. The third kappa shape index (κ3) is 9.01. The van der Waals surface area contributed by atoms with E-state index in [-0.39, 0.29) is 32.8 Å². The predicted octanol–water partition coefficient (Wildman–Crippen LogP) is 2.35. The Bertz CT molecular complexity index is 448. The van der Waals surface area contributed by atoms with Crippen LogP contribution in [0.4, 0.5) is 0 Å². The number of aliphatic hydroxyl groups is 1. The Labute approximate surface area is 165 Å². The molecule has 0 saturated heterocycles. The Kier molecular flexibility index (Phi) is 9.61. The van der Waals surface area contributed by atoms with Gasteiger partial charge >= 0.3 is 17.9 Å². The van der Waals surface area contributed by atoms with Gasteiger partial charge in [0, 0.05) is 13.0 Å². The van der Waals surface area contributed by atoms with Gasteiger partial charge in [0.1, 0.15) is 27.3 Å². The fraction of sp³-hybridized carbons (Fsp3) is 0.812. The van der Waals surface area contributed by atoms with Gasteiger partial charge < -0.3 is 19.3 Å². The van der Waals surface area contributed by atoms with Gasteiger partial charge in [-0.2, -0.15) is 0 Å². The van der Waals surface area contributed by atoms with E-state index in [1.165, 1.54) is 6.92 Å². The van der Waals surface area contributed by atoms with Crippen LogP contribution in [0.3, 0.4) is 0 Å². The molecule has 0 aromatic rings. The maximum atomic E-state index is 12.4. The summed E-state index contributed by atoms with van der Waals surface area (Å²) in [7, 11) is 0. The maximum Gasteiger partial charge on any atom is 0.322 e. The van der Waals surface area contributed by atoms with Crippen LogP contribution in [0.25, 0.3) is 0 Å². The lowest BCUT2D eigenvalue weighted by Gasteiger charge is -2.28. The standard InChI is InChI=1S/C16H26Br2O7/c1-14(2,17)11(20)24-9-16(5,13(22)23-8-6-7-19)10-25-12(21)15(3,4)18/h19H,6-10H2,1-5H3. The van der Waals surface area contributed by atoms with Gasteiger partial charge in [-0.3, -0.25) is 14.4 Å². The molecule has 0 spiro atoms. The van der Waals surface area contributed by atoms with Crippen molar-refractivity contribution in [2.24, 2.45) is 5.41 Å². The Balaban J connectivity index is 5.05. The molecular weight excluding hydrogens is 464 g/mol. The Hall–Kier alpha value is -0.670. The highest BCUT2D eigenvalue weighted by Crippen LogP contribution is 2.25. The van der Waals surface area contributed by atoms with E-state index in [4.69, 9.17) is 19.3 Å². The molecule has 0 radical (unpaired) electrons. The zero-order valence-corrected chi connectivity index (χ0v) is 18.4. The monoisotopic (exact) mass is 488 g/mol. The summed E-state index contributed by atoms with van der Waals surface area (Å²) >= 11 is 6.36. The molecule has 0 aromatic heterocycles. The molecule has 1 N–H and O–H groups in total. The molecule has 7 nitrogen and oxygen atoms in total. The first-order chi connectivity index (χ1) is 11.2. The number of halogens is 2. The summed E-state index contributed by atoms with van der Waals surface area (Å²) in [6.07, 6.45) is 0.282. The molecule has 0 unspecified atom stereocenters. The minimum atomic E-state index is -1.36. The van der Waals surface area contributed by atoms with Gasteiger partial charge in [0.05, 0.1) is 6.61 Å². The average molecular weight is 490 g/mol. The quantitative estimate of drug-likeness (QED) is 0.217. The lowest BCUT2D eigenvalue weighted by molar-refractivity contribution is -0.171. The fourth-order valence-corrected chi connectivity index (χ4v) is 1.58. The number of rotatable bonds is 10. The molecule has 0 aliphatic carbocycles. The molecule has 0 bridgehead atoms. The summed E-state index contributed by atoms with van der Waals surface area (Å²) in [5, 5.41) is 8.77. The normalized spacial score (nSPS) is 12.5. The number of ether oxygens (including phenoxy) is 3. The van der Waals surface area contributed by atoms with Crippen molar-refractivity contribution in [1.29, 1.82) is 0 Å². The number of carbonyl (C=O) groups excluding carboxylic acids is 3. The third-order valence-electron chi connectivity index (χ3n) is 3.04. The molecule has 0 fully saturated rings. The smallest absolute Gasteiger partial charge is 0.322 e. The predicted molar refractivity (Wildman–Crippen MR) is 98.7 cm³/mol. The SMILES string of the molecule is CC(C)(Br)C(=O)OCC(C)(COC(=O)C(C)(C)Br)C(=O)OCCCO. The lowest BCUT2D eigenvalue weighted by Crippen LogP contribution is -2.43. The lowest BCUT2D eigenvalue weighted by atomic mass is 9.93. The van der Waals surface area contributed by atoms with Gasteiger partial charge in [0.25, 0.3) is 0 Å². The second kappa shape index (κ2) is 9.87. The van der Waals surface area contributed by atoms with E-state index in [0.717, 1.165) is 0 Å². The number of esters is 3. The number of hydrogen-bond acceptors (Lipinski definition) is 7. The van der Waals surface area contributed by atoms with Gasteiger partial charge in [0.2, 0.25) is 0 Å². The van der Waals surface area contributed by atoms with Crippen LogP contribution in [0.1, 0.15) is 41.0 Å². The Morgan fingerprint density at radius 1 is 0.800 bits per heavy atom. The molecule has 9 heteroatoms. The molecule has 0 saturated carbocycles. The number of aliphatic hydroxyl groups excluding tert-OH is 1. The van der Waals surface area contributed by atoms with Crippen LogP contribution in [0.2, 0.25) is 0 Å². The highest BCUT2D eigenvalue weighted by molar-refractivity contribution is 9.10. The topological polar surface area (TPSA) is 99.1 Å². The second-order valence-electron chi connectivity index (χ2n) is 6.87. The molecule has 0 heterocycles. The molecule has 146 valence electrons. The van der Waals surface area contributed by atoms with E-state index in [1.54, 1.807) is 27.7 Å². The summed E-state index contributed by atoms with van der Waals surface area (Å²) in [6.45, 7) is 7.20. The van der Waals surface area contributed by atoms with Gasteiger partial charge in [-0.05, 0) is 34.6 Å². The highest BCUT2D eigenvalue weighted by Gasteiger charge is 2.41. The summed E-state index contributed by atoms with van der Waals surface area (Å²) in [4.78, 5) is 36.2. The van der Waals surface area contributed by atoms with E-state index >= 15 is 0 Å². The first-order valence-corrected chi connectivity index (χ1v) is 9.33. The summed E-state index contributed by atoms with van der Waals surface area (Å²) in [5.74, 6) is -1.80. The van der Waals surface area contributed by atoms with Crippen molar-refractivity contribution >= 4 is 49.8 Å². The average Bonchev–Trinajstić information content (AvgIpc) is 2.48. The Morgan fingerprint density at radius 3 is 1.52 bits per heavy atom. The van der Waals surface area contributed by atoms with Crippen LogP contribution in [-0.2, 0) is 28.6 Å². The van der Waals surface area contributed by atoms with Crippen LogP contribution in [0, 0.1) is 5.41 Å². The zero-order valence-electron chi connectivity index (χ0n) is 15.2. The van der Waals surface area contributed by atoms with Crippen LogP contribution in [0.15, 0.2) is 0 Å². The van der Waals surface area contributed by atoms with Crippen molar-refractivity contribution in [3.8, 4) is 0 Å². The maximum absolute atomic E-state index is 12.4. The van der Waals surface area contributed by atoms with E-state index in [9.17, 15) is 14.4 Å². The molecule has 0 aromatic carbocycles. The first kappa shape index (κ1) is 24.3. The Morgan fingerprint density at radius 2 is 1.20 bits per heavy atom. The minimum Gasteiger partial charge on any atom is -0.465 e. The van der Waals surface area contributed by atoms with Crippen molar-refractivity contribution < 1.29 is 33.7 Å². The summed E-state index contributed by atoms with van der Waals surface area (Å²) < 4.78 is 13.6. The van der Waals surface area contributed by atoms with Crippen molar-refractivity contribution in [3.05, 3.63) is 0 Å². The summed E-state index contributed by atoms with van der Waals surface area (Å²) in [6, 6.07) is 0. The fourth-order valence-electron chi connectivity index (χ4n) is 1.36. The number of alkyl halides is 2. The van der Waals surface area contributed by atoms with Crippen molar-refractivity contribution in [1.82, 2.24) is 0 Å². The minimum absolute atomic E-state index is 0.0146. The molecular formula is C16H26Br2O7. The molecule has 0 aliphatic heterocycles. The van der Waals surface area contributed by atoms with E-state index < -0.39 is 32.0 Å². The van der Waals surface area contributed by atoms with Gasteiger partial charge in [-0.25, -0.2) is 0 Å². The van der Waals surface area contributed by atoms with Gasteiger partial charge in [-0.1, -0.05) is 31.9 Å². The van der Waals surface area contributed by atoms with Gasteiger partial charge in [0.15, 0.2) is 0 Å². The number of carbonyl (C=O) groups is 3. The van der Waals surface area contributed by atoms with Crippen LogP contribution in [0.5, 0.6) is 0 Å². The van der Waals surface area contributed by atoms with E-state index in [2.05, 4.69) is 31.9 Å². The van der Waals surface area contributed by atoms with Crippen LogP contribution < -0.4 is 0 Å². The van der Waals surface area contributed by atoms with Crippen molar-refractivity contribution in [2.45, 2.75) is 49.7 Å². The van der Waals surface area contributed by atoms with Crippen molar-refractivity contribution in [3.63, 3.8) is 0 Å². The van der Waals surface area contributed by atoms with Crippen LogP contribution in [-0.4, -0.2) is 58.1 Å². The second-order valence-corrected chi connectivity index (χ2v) is 10.8. The van der Waals surface area contributed by atoms with E-state index in [1.807, 2.05) is 0 Å². The van der Waals surface area contributed by atoms with E-state index in [0.29, 0.717) is 0 Å². The first-order valence-electron chi connectivity index (χ1n) is 7.74. The van der Waals surface area contributed by atoms with Crippen molar-refractivity contribution in [2.75, 3.05) is 26.4 Å². The largest absolute Gasteiger partial charge is 0.465 e. The molecule has 0 atom stereocenters. The third-order valence-corrected chi connectivity index (χ3v) is 3.69. The van der Waals surface area contributed by atoms with Gasteiger partial charge in [-0.15, -0.1) is 0 Å². The molecule has 0 rings (SSSR count). The van der Waals surface area contributed by atoms with Crippen LogP contribution >= 0.6 is 31.9 Å². The number of hydrogen-bond donors (Lipinski definition) is 1. The summed E-state index contributed by atoms with van der Waals surface area (Å²) in [5.41, 5.74) is -1.36.